The fourth-order valence-electron chi connectivity index (χ4n) is 5.33. The van der Waals surface area contributed by atoms with E-state index < -0.39 is 5.97 Å². The molecule has 1 aliphatic carbocycles. The third-order valence-corrected chi connectivity index (χ3v) is 7.09. The molecule has 1 N–H and O–H groups in total. The summed E-state index contributed by atoms with van der Waals surface area (Å²) in [7, 11) is 0. The van der Waals surface area contributed by atoms with Crippen molar-refractivity contribution in [3.8, 4) is 0 Å². The number of hydrogen-bond acceptors (Lipinski definition) is 7. The average Bonchev–Trinajstić information content (AvgIpc) is 3.33. The highest BCUT2D eigenvalue weighted by Gasteiger charge is 2.49. The minimum absolute atomic E-state index is 0.0237. The van der Waals surface area contributed by atoms with E-state index in [0.29, 0.717) is 0 Å². The van der Waals surface area contributed by atoms with E-state index in [1.165, 1.54) is 0 Å². The van der Waals surface area contributed by atoms with Crippen LogP contribution < -0.4 is 0 Å². The average molecular weight is 490 g/mol. The molecule has 1 aliphatic heterocycles. The van der Waals surface area contributed by atoms with Gasteiger partial charge in [0.05, 0.1) is 22.8 Å². The zero-order chi connectivity index (χ0) is 25.0. The summed E-state index contributed by atoms with van der Waals surface area (Å²) < 4.78 is 9.01. The van der Waals surface area contributed by atoms with Gasteiger partial charge in [-0.15, -0.1) is 5.10 Å². The molecule has 1 unspecified atom stereocenters. The molecule has 11 heteroatoms. The lowest BCUT2D eigenvalue weighted by molar-refractivity contribution is -0.133. The first kappa shape index (κ1) is 22.4. The molecule has 11 nitrogen and oxygen atoms in total. The van der Waals surface area contributed by atoms with Crippen molar-refractivity contribution in [2.45, 2.75) is 57.7 Å². The second kappa shape index (κ2) is 8.58. The predicted octanol–water partition coefficient (Wildman–Crippen LogP) is 3.41. The normalized spacial score (nSPS) is 21.5. The van der Waals surface area contributed by atoms with Gasteiger partial charge in [0.1, 0.15) is 18.6 Å². The summed E-state index contributed by atoms with van der Waals surface area (Å²) in [4.78, 5) is 35.5. The van der Waals surface area contributed by atoms with E-state index in [0.717, 1.165) is 54.6 Å². The van der Waals surface area contributed by atoms with Crippen molar-refractivity contribution in [2.24, 2.45) is 5.92 Å². The summed E-state index contributed by atoms with van der Waals surface area (Å²) in [6, 6.07) is 8.35. The molecular weight excluding hydrogens is 462 g/mol. The number of para-hydroxylation sites is 2. The number of aromatic carboxylic acids is 1. The van der Waals surface area contributed by atoms with Crippen LogP contribution in [-0.4, -0.2) is 58.0 Å². The molecule has 0 radical (unpaired) electrons. The molecule has 2 aliphatic rings. The summed E-state index contributed by atoms with van der Waals surface area (Å²) in [5.74, 6) is 0.113. The van der Waals surface area contributed by atoms with Crippen LogP contribution in [0.2, 0.25) is 0 Å². The molecule has 1 amide bonds. The van der Waals surface area contributed by atoms with Crippen LogP contribution in [0.3, 0.4) is 0 Å². The van der Waals surface area contributed by atoms with Gasteiger partial charge in [0.2, 0.25) is 11.8 Å². The van der Waals surface area contributed by atoms with Crippen LogP contribution in [0.15, 0.2) is 41.1 Å². The lowest BCUT2D eigenvalue weighted by Crippen LogP contribution is -2.33. The first-order chi connectivity index (χ1) is 17.4. The topological polar surface area (TPSA) is 132 Å². The van der Waals surface area contributed by atoms with Crippen LogP contribution in [0.25, 0.3) is 11.0 Å². The Hall–Kier alpha value is -4.02. The van der Waals surface area contributed by atoms with Gasteiger partial charge in [0.25, 0.3) is 0 Å². The minimum atomic E-state index is -1.15. The van der Waals surface area contributed by atoms with Crippen molar-refractivity contribution in [1.29, 1.82) is 0 Å². The van der Waals surface area contributed by atoms with Crippen LogP contribution in [0.4, 0.5) is 0 Å². The Labute approximate surface area is 206 Å². The van der Waals surface area contributed by atoms with E-state index in [9.17, 15) is 9.59 Å². The van der Waals surface area contributed by atoms with E-state index in [1.54, 1.807) is 10.9 Å². The number of aromatic nitrogens is 6. The first-order valence-corrected chi connectivity index (χ1v) is 12.3. The second-order valence-corrected chi connectivity index (χ2v) is 9.83. The molecule has 4 heterocycles. The SMILES string of the molecule is CC(C)n1c(C2CCCN2C(=O)[C@@H]2C[C@@H]2c2cn(Cc3nc(C(=O)O)co3)nn2)nc2ccccc21. The Kier molecular flexibility index (Phi) is 5.35. The number of hydrogen-bond donors (Lipinski definition) is 1. The van der Waals surface area contributed by atoms with E-state index in [2.05, 4.69) is 39.8 Å². The zero-order valence-electron chi connectivity index (χ0n) is 20.1. The minimum Gasteiger partial charge on any atom is -0.476 e. The molecular formula is C25H27N7O4. The van der Waals surface area contributed by atoms with Crippen LogP contribution in [0.1, 0.15) is 79.0 Å². The lowest BCUT2D eigenvalue weighted by Gasteiger charge is -2.26. The third kappa shape index (κ3) is 3.84. The number of benzene rings is 1. The van der Waals surface area contributed by atoms with Crippen molar-refractivity contribution in [1.82, 2.24) is 34.4 Å². The summed E-state index contributed by atoms with van der Waals surface area (Å²) in [6.07, 6.45) is 5.49. The number of fused-ring (bicyclic) bond motifs is 1. The van der Waals surface area contributed by atoms with Crippen molar-refractivity contribution in [3.05, 3.63) is 59.8 Å². The van der Waals surface area contributed by atoms with E-state index in [-0.39, 0.29) is 48.0 Å². The van der Waals surface area contributed by atoms with Gasteiger partial charge in [-0.3, -0.25) is 4.79 Å². The Morgan fingerprint density at radius 2 is 2.06 bits per heavy atom. The standard InChI is InChI=1S/C25H27N7O4/c1-14(2)32-20-7-4-3-6-17(20)27-23(32)21-8-5-9-31(21)24(33)16-10-15(16)18-11-30(29-28-18)12-22-26-19(13-36-22)25(34)35/h3-4,6-7,11,13-16,21H,5,8-10,12H2,1-2H3,(H,34,35)/t15-,16+,21?/m0/s1. The van der Waals surface area contributed by atoms with Crippen LogP contribution in [-0.2, 0) is 11.3 Å². The molecule has 0 spiro atoms. The number of carboxylic acids is 1. The van der Waals surface area contributed by atoms with Gasteiger partial charge in [-0.1, -0.05) is 17.3 Å². The Bertz CT molecular complexity index is 1450. The summed E-state index contributed by atoms with van der Waals surface area (Å²) in [6.45, 7) is 5.21. The van der Waals surface area contributed by atoms with Gasteiger partial charge in [-0.2, -0.15) is 0 Å². The number of oxazole rings is 1. The van der Waals surface area contributed by atoms with Crippen LogP contribution >= 0.6 is 0 Å². The number of rotatable bonds is 7. The highest BCUT2D eigenvalue weighted by Crippen LogP contribution is 2.49. The first-order valence-electron chi connectivity index (χ1n) is 12.3. The van der Waals surface area contributed by atoms with Gasteiger partial charge in [-0.25, -0.2) is 19.4 Å². The van der Waals surface area contributed by atoms with Gasteiger partial charge < -0.3 is 19.0 Å². The number of amides is 1. The van der Waals surface area contributed by atoms with Gasteiger partial charge >= 0.3 is 5.97 Å². The Balaban J connectivity index is 1.17. The fourth-order valence-corrected chi connectivity index (χ4v) is 5.33. The van der Waals surface area contributed by atoms with Gasteiger partial charge in [0.15, 0.2) is 5.69 Å². The molecule has 1 saturated heterocycles. The third-order valence-electron chi connectivity index (χ3n) is 7.09. The van der Waals surface area contributed by atoms with E-state index in [1.807, 2.05) is 23.1 Å². The number of carbonyl (C=O) groups excluding carboxylic acids is 1. The molecule has 1 saturated carbocycles. The number of imidazole rings is 1. The summed E-state index contributed by atoms with van der Waals surface area (Å²) >= 11 is 0. The maximum atomic E-state index is 13.6. The van der Waals surface area contributed by atoms with Crippen molar-refractivity contribution < 1.29 is 19.1 Å². The molecule has 1 aromatic carbocycles. The fraction of sp³-hybridized carbons (Fsp3) is 0.440. The van der Waals surface area contributed by atoms with Gasteiger partial charge in [-0.05, 0) is 45.2 Å². The van der Waals surface area contributed by atoms with Crippen molar-refractivity contribution in [2.75, 3.05) is 6.54 Å². The molecule has 3 atom stereocenters. The van der Waals surface area contributed by atoms with Crippen LogP contribution in [0.5, 0.6) is 0 Å². The van der Waals surface area contributed by atoms with Crippen molar-refractivity contribution >= 4 is 22.9 Å². The highest BCUT2D eigenvalue weighted by atomic mass is 16.4. The summed E-state index contributed by atoms with van der Waals surface area (Å²) in [5, 5.41) is 17.4. The largest absolute Gasteiger partial charge is 0.476 e. The number of carbonyl (C=O) groups is 2. The maximum Gasteiger partial charge on any atom is 0.357 e. The molecule has 6 rings (SSSR count). The molecule has 3 aromatic heterocycles. The smallest absolute Gasteiger partial charge is 0.357 e. The molecule has 0 bridgehead atoms. The monoisotopic (exact) mass is 489 g/mol. The van der Waals surface area contributed by atoms with Gasteiger partial charge in [0, 0.05) is 30.6 Å². The van der Waals surface area contributed by atoms with E-state index >= 15 is 0 Å². The Morgan fingerprint density at radius 1 is 1.22 bits per heavy atom. The highest BCUT2D eigenvalue weighted by molar-refractivity contribution is 5.85. The number of likely N-dealkylation sites (tertiary alicyclic amines) is 1. The summed E-state index contributed by atoms with van der Waals surface area (Å²) in [5.41, 5.74) is 2.67. The molecule has 4 aromatic rings. The maximum absolute atomic E-state index is 13.6. The quantitative estimate of drug-likeness (QED) is 0.418. The number of carboxylic acid groups (broad SMARTS) is 1. The zero-order valence-corrected chi connectivity index (χ0v) is 20.1. The second-order valence-electron chi connectivity index (χ2n) is 9.83. The van der Waals surface area contributed by atoms with E-state index in [4.69, 9.17) is 14.5 Å². The molecule has 186 valence electrons. The molecule has 2 fully saturated rings. The number of nitrogens with zero attached hydrogens (tertiary/aromatic N) is 7. The lowest BCUT2D eigenvalue weighted by atomic mass is 10.1. The predicted molar refractivity (Wildman–Crippen MR) is 127 cm³/mol. The van der Waals surface area contributed by atoms with Crippen molar-refractivity contribution in [3.63, 3.8) is 0 Å². The Morgan fingerprint density at radius 3 is 2.83 bits per heavy atom. The van der Waals surface area contributed by atoms with Crippen LogP contribution in [0, 0.1) is 5.92 Å². The molecule has 36 heavy (non-hydrogen) atoms.